The molecule has 1 heterocycles. The van der Waals surface area contributed by atoms with Crippen molar-refractivity contribution >= 4 is 27.6 Å². The first-order valence-electron chi connectivity index (χ1n) is 8.87. The Bertz CT molecular complexity index is 768. The number of anilines is 1. The van der Waals surface area contributed by atoms with Crippen LogP contribution in [-0.2, 0) is 14.8 Å². The minimum atomic E-state index is -3.25. The maximum Gasteiger partial charge on any atom is 0.337 e. The molecule has 0 radical (unpaired) electrons. The average molecular weight is 382 g/mol. The number of amides is 1. The first-order valence-corrected chi connectivity index (χ1v) is 10.5. The van der Waals surface area contributed by atoms with E-state index in [0.29, 0.717) is 32.4 Å². The molecular weight excluding hydrogens is 356 g/mol. The number of hydrogen-bond acceptors (Lipinski definition) is 4. The van der Waals surface area contributed by atoms with E-state index in [2.05, 4.69) is 5.32 Å². The zero-order valence-electron chi connectivity index (χ0n) is 15.2. The lowest BCUT2D eigenvalue weighted by Gasteiger charge is -2.30. The van der Waals surface area contributed by atoms with Crippen LogP contribution < -0.4 is 5.32 Å². The Kier molecular flexibility index (Phi) is 6.77. The normalized spacial score (nSPS) is 16.4. The maximum atomic E-state index is 12.5. The number of benzene rings is 1. The molecule has 0 aliphatic carbocycles. The van der Waals surface area contributed by atoms with Crippen molar-refractivity contribution in [3.8, 4) is 0 Å². The Morgan fingerprint density at radius 1 is 1.27 bits per heavy atom. The summed E-state index contributed by atoms with van der Waals surface area (Å²) < 4.78 is 25.9. The van der Waals surface area contributed by atoms with Crippen LogP contribution in [0.15, 0.2) is 18.2 Å². The highest BCUT2D eigenvalue weighted by Crippen LogP contribution is 2.24. The number of rotatable bonds is 7. The molecule has 8 heteroatoms. The van der Waals surface area contributed by atoms with Crippen molar-refractivity contribution < 1.29 is 23.1 Å². The predicted molar refractivity (Wildman–Crippen MR) is 99.8 cm³/mol. The second-order valence-corrected chi connectivity index (χ2v) is 8.77. The Hall–Kier alpha value is -1.93. The van der Waals surface area contributed by atoms with Crippen LogP contribution in [-0.4, -0.2) is 48.5 Å². The largest absolute Gasteiger partial charge is 0.478 e. The molecule has 1 aliphatic heterocycles. The zero-order valence-corrected chi connectivity index (χ0v) is 16.0. The molecule has 2 N–H and O–H groups in total. The third-order valence-corrected chi connectivity index (χ3v) is 6.59. The summed E-state index contributed by atoms with van der Waals surface area (Å²) >= 11 is 0. The number of carboxylic acid groups (broad SMARTS) is 1. The van der Waals surface area contributed by atoms with E-state index in [4.69, 9.17) is 0 Å². The number of nitrogens with zero attached hydrogens (tertiary/aromatic N) is 1. The highest BCUT2D eigenvalue weighted by Gasteiger charge is 2.31. The second kappa shape index (κ2) is 8.64. The van der Waals surface area contributed by atoms with E-state index < -0.39 is 16.0 Å². The van der Waals surface area contributed by atoms with E-state index in [0.717, 1.165) is 12.0 Å². The molecule has 0 aromatic heterocycles. The summed E-state index contributed by atoms with van der Waals surface area (Å²) in [6, 6.07) is 4.84. The number of hydrogen-bond donors (Lipinski definition) is 2. The van der Waals surface area contributed by atoms with Crippen molar-refractivity contribution in [2.75, 3.05) is 24.2 Å². The highest BCUT2D eigenvalue weighted by molar-refractivity contribution is 7.89. The van der Waals surface area contributed by atoms with Crippen molar-refractivity contribution in [2.24, 2.45) is 5.92 Å². The summed E-state index contributed by atoms with van der Waals surface area (Å²) in [5, 5.41) is 12.0. The Morgan fingerprint density at radius 3 is 2.50 bits per heavy atom. The SMILES string of the molecule is CCCCS(=O)(=O)N1CCC(C(=O)Nc2ccc(C)cc2C(=O)O)CC1. The van der Waals surface area contributed by atoms with E-state index in [1.807, 2.05) is 6.92 Å². The topological polar surface area (TPSA) is 104 Å². The van der Waals surface area contributed by atoms with Crippen molar-refractivity contribution in [1.29, 1.82) is 0 Å². The van der Waals surface area contributed by atoms with Crippen LogP contribution in [0.5, 0.6) is 0 Å². The molecule has 1 fully saturated rings. The molecule has 7 nitrogen and oxygen atoms in total. The van der Waals surface area contributed by atoms with Crippen LogP contribution in [0.1, 0.15) is 48.5 Å². The van der Waals surface area contributed by atoms with Crippen molar-refractivity contribution in [3.63, 3.8) is 0 Å². The van der Waals surface area contributed by atoms with Crippen LogP contribution in [0.2, 0.25) is 0 Å². The Balaban J connectivity index is 1.98. The van der Waals surface area contributed by atoms with Gasteiger partial charge in [-0.15, -0.1) is 0 Å². The van der Waals surface area contributed by atoms with Gasteiger partial charge in [-0.3, -0.25) is 4.79 Å². The highest BCUT2D eigenvalue weighted by atomic mass is 32.2. The summed E-state index contributed by atoms with van der Waals surface area (Å²) in [6.45, 7) is 4.38. The molecule has 0 spiro atoms. The van der Waals surface area contributed by atoms with E-state index in [-0.39, 0.29) is 28.8 Å². The fourth-order valence-electron chi connectivity index (χ4n) is 3.03. The van der Waals surface area contributed by atoms with Gasteiger partial charge in [-0.2, -0.15) is 0 Å². The van der Waals surface area contributed by atoms with Crippen LogP contribution in [0.4, 0.5) is 5.69 Å². The standard InChI is InChI=1S/C18H26N2O5S/c1-3-4-11-26(24,25)20-9-7-14(8-10-20)17(21)19-16-6-5-13(2)12-15(16)18(22)23/h5-6,12,14H,3-4,7-11H2,1-2H3,(H,19,21)(H,22,23). The van der Waals surface area contributed by atoms with Gasteiger partial charge >= 0.3 is 5.97 Å². The van der Waals surface area contributed by atoms with Crippen LogP contribution in [0.25, 0.3) is 0 Å². The number of piperidine rings is 1. The van der Waals surface area contributed by atoms with Gasteiger partial charge in [0.25, 0.3) is 0 Å². The number of aryl methyl sites for hydroxylation is 1. The molecule has 2 rings (SSSR count). The van der Waals surface area contributed by atoms with Gasteiger partial charge in [-0.25, -0.2) is 17.5 Å². The Labute approximate surface area is 154 Å². The van der Waals surface area contributed by atoms with Gasteiger partial charge in [0.2, 0.25) is 15.9 Å². The molecular formula is C18H26N2O5S. The summed E-state index contributed by atoms with van der Waals surface area (Å²) in [5.41, 5.74) is 1.12. The van der Waals surface area contributed by atoms with Crippen LogP contribution in [0, 0.1) is 12.8 Å². The third-order valence-electron chi connectivity index (χ3n) is 4.64. The van der Waals surface area contributed by atoms with Crippen molar-refractivity contribution in [3.05, 3.63) is 29.3 Å². The lowest BCUT2D eigenvalue weighted by molar-refractivity contribution is -0.120. The molecule has 0 saturated carbocycles. The molecule has 1 aromatic carbocycles. The first-order chi connectivity index (χ1) is 12.2. The number of carboxylic acids is 1. The number of sulfonamides is 1. The number of carbonyl (C=O) groups is 2. The zero-order chi connectivity index (χ0) is 19.3. The van der Waals surface area contributed by atoms with Gasteiger partial charge in [0.05, 0.1) is 17.0 Å². The van der Waals surface area contributed by atoms with Crippen LogP contribution >= 0.6 is 0 Å². The van der Waals surface area contributed by atoms with Crippen LogP contribution in [0.3, 0.4) is 0 Å². The molecule has 26 heavy (non-hydrogen) atoms. The minimum absolute atomic E-state index is 0.0536. The number of aromatic carboxylic acids is 1. The van der Waals surface area contributed by atoms with Gasteiger partial charge in [-0.1, -0.05) is 25.0 Å². The monoisotopic (exact) mass is 382 g/mol. The molecule has 1 aromatic rings. The maximum absolute atomic E-state index is 12.5. The summed E-state index contributed by atoms with van der Waals surface area (Å²) in [4.78, 5) is 23.8. The lowest BCUT2D eigenvalue weighted by Crippen LogP contribution is -2.42. The molecule has 0 bridgehead atoms. The molecule has 144 valence electrons. The van der Waals surface area contributed by atoms with E-state index >= 15 is 0 Å². The predicted octanol–water partition coefficient (Wildman–Crippen LogP) is 2.47. The summed E-state index contributed by atoms with van der Waals surface area (Å²) in [7, 11) is -3.25. The molecule has 0 unspecified atom stereocenters. The first kappa shape index (κ1) is 20.4. The van der Waals surface area contributed by atoms with E-state index in [1.54, 1.807) is 19.1 Å². The molecule has 0 atom stereocenters. The summed E-state index contributed by atoms with van der Waals surface area (Å²) in [5.74, 6) is -1.54. The van der Waals surface area contributed by atoms with Gasteiger partial charge in [0.1, 0.15) is 0 Å². The third kappa shape index (κ3) is 5.04. The fraction of sp³-hybridized carbons (Fsp3) is 0.556. The number of carbonyl (C=O) groups excluding carboxylic acids is 1. The van der Waals surface area contributed by atoms with Crippen molar-refractivity contribution in [2.45, 2.75) is 39.5 Å². The van der Waals surface area contributed by atoms with E-state index in [9.17, 15) is 23.1 Å². The summed E-state index contributed by atoms with van der Waals surface area (Å²) in [6.07, 6.45) is 2.33. The average Bonchev–Trinajstić information content (AvgIpc) is 2.61. The van der Waals surface area contributed by atoms with E-state index in [1.165, 1.54) is 10.4 Å². The van der Waals surface area contributed by atoms with Gasteiger partial charge < -0.3 is 10.4 Å². The smallest absolute Gasteiger partial charge is 0.337 e. The van der Waals surface area contributed by atoms with Gasteiger partial charge in [0, 0.05) is 19.0 Å². The van der Waals surface area contributed by atoms with Crippen molar-refractivity contribution in [1.82, 2.24) is 4.31 Å². The lowest BCUT2D eigenvalue weighted by atomic mass is 9.97. The molecule has 1 amide bonds. The quantitative estimate of drug-likeness (QED) is 0.754. The Morgan fingerprint density at radius 2 is 1.92 bits per heavy atom. The number of unbranched alkanes of at least 4 members (excludes halogenated alkanes) is 1. The van der Waals surface area contributed by atoms with Gasteiger partial charge in [-0.05, 0) is 38.3 Å². The fourth-order valence-corrected chi connectivity index (χ4v) is 4.71. The molecule has 1 aliphatic rings. The van der Waals surface area contributed by atoms with Gasteiger partial charge in [0.15, 0.2) is 0 Å². The minimum Gasteiger partial charge on any atom is -0.478 e. The number of nitrogens with one attached hydrogen (secondary N) is 1. The second-order valence-electron chi connectivity index (χ2n) is 6.69. The molecule has 1 saturated heterocycles.